The summed E-state index contributed by atoms with van der Waals surface area (Å²) in [6, 6.07) is 0.212. The molecule has 1 heterocycles. The van der Waals surface area contributed by atoms with Gasteiger partial charge in [0.2, 0.25) is 6.41 Å². The molecule has 0 aromatic rings. The second-order valence-corrected chi connectivity index (χ2v) is 2.50. The van der Waals surface area contributed by atoms with E-state index >= 15 is 0 Å². The third kappa shape index (κ3) is 1.68. The highest BCUT2D eigenvalue weighted by molar-refractivity contribution is 5.47. The minimum Gasteiger partial charge on any atom is -0.344 e. The van der Waals surface area contributed by atoms with E-state index in [-0.39, 0.29) is 6.04 Å². The van der Waals surface area contributed by atoms with Crippen LogP contribution in [0.25, 0.3) is 0 Å². The number of rotatable bonds is 1. The van der Waals surface area contributed by atoms with Crippen molar-refractivity contribution in [1.29, 1.82) is 0 Å². The summed E-state index contributed by atoms with van der Waals surface area (Å²) < 4.78 is 0. The van der Waals surface area contributed by atoms with Crippen LogP contribution in [0.5, 0.6) is 0 Å². The highest BCUT2D eigenvalue weighted by atomic mass is 16.1. The predicted molar refractivity (Wildman–Crippen MR) is 34.8 cm³/mol. The molecule has 0 spiro atoms. The molecule has 0 saturated carbocycles. The van der Waals surface area contributed by atoms with Crippen LogP contribution in [0.1, 0.15) is 12.8 Å². The van der Waals surface area contributed by atoms with Crippen molar-refractivity contribution in [3.05, 3.63) is 0 Å². The summed E-state index contributed by atoms with van der Waals surface area (Å²) in [6.45, 7) is 1.63. The first-order chi connectivity index (χ1) is 4.33. The molecule has 1 amide bonds. The van der Waals surface area contributed by atoms with Gasteiger partial charge in [-0.15, -0.1) is 0 Å². The van der Waals surface area contributed by atoms with E-state index in [1.165, 1.54) is 0 Å². The summed E-state index contributed by atoms with van der Waals surface area (Å²) in [6.07, 6.45) is 2.99. The molecule has 1 aliphatic heterocycles. The second-order valence-electron chi connectivity index (χ2n) is 2.50. The van der Waals surface area contributed by atoms with Crippen molar-refractivity contribution >= 4 is 6.41 Å². The fourth-order valence-electron chi connectivity index (χ4n) is 1.14. The van der Waals surface area contributed by atoms with Gasteiger partial charge in [-0.25, -0.2) is 0 Å². The second kappa shape index (κ2) is 2.82. The quantitative estimate of drug-likeness (QED) is 0.487. The average molecular weight is 128 g/mol. The molecule has 0 radical (unpaired) electrons. The lowest BCUT2D eigenvalue weighted by molar-refractivity contribution is -0.119. The number of carbonyl (C=O) groups is 1. The van der Waals surface area contributed by atoms with E-state index in [0.29, 0.717) is 0 Å². The molecule has 0 aromatic carbocycles. The molecule has 1 rings (SSSR count). The van der Waals surface area contributed by atoms with Gasteiger partial charge in [0.25, 0.3) is 0 Å². The van der Waals surface area contributed by atoms with Crippen LogP contribution in [0, 0.1) is 0 Å². The van der Waals surface area contributed by atoms with Crippen LogP contribution in [-0.2, 0) is 4.79 Å². The summed E-state index contributed by atoms with van der Waals surface area (Å²) >= 11 is 0. The third-order valence-corrected chi connectivity index (χ3v) is 1.64. The molecule has 0 unspecified atom stereocenters. The van der Waals surface area contributed by atoms with E-state index in [1.807, 2.05) is 0 Å². The van der Waals surface area contributed by atoms with Crippen molar-refractivity contribution in [2.24, 2.45) is 5.73 Å². The minimum atomic E-state index is 0.212. The zero-order chi connectivity index (χ0) is 6.69. The predicted octanol–water partition coefficient (Wildman–Crippen LogP) is -0.434. The van der Waals surface area contributed by atoms with Crippen LogP contribution in [-0.4, -0.2) is 30.4 Å². The SMILES string of the molecule is N[C@@H]1CCCN(C=O)C1. The van der Waals surface area contributed by atoms with Crippen molar-refractivity contribution in [2.45, 2.75) is 18.9 Å². The Morgan fingerprint density at radius 2 is 2.44 bits per heavy atom. The van der Waals surface area contributed by atoms with Crippen LogP contribution in [0.3, 0.4) is 0 Å². The van der Waals surface area contributed by atoms with Gasteiger partial charge in [-0.2, -0.15) is 0 Å². The van der Waals surface area contributed by atoms with Gasteiger partial charge in [0, 0.05) is 19.1 Å². The summed E-state index contributed by atoms with van der Waals surface area (Å²) in [5.41, 5.74) is 5.60. The maximum Gasteiger partial charge on any atom is 0.209 e. The molecule has 1 atom stereocenters. The van der Waals surface area contributed by atoms with Crippen LogP contribution in [0.2, 0.25) is 0 Å². The van der Waals surface area contributed by atoms with Gasteiger partial charge in [-0.05, 0) is 12.8 Å². The van der Waals surface area contributed by atoms with Gasteiger partial charge in [-0.3, -0.25) is 4.79 Å². The molecule has 2 N–H and O–H groups in total. The maximum absolute atomic E-state index is 10.2. The minimum absolute atomic E-state index is 0.212. The van der Waals surface area contributed by atoms with Crippen LogP contribution >= 0.6 is 0 Å². The zero-order valence-electron chi connectivity index (χ0n) is 5.42. The fourth-order valence-corrected chi connectivity index (χ4v) is 1.14. The molecule has 0 aromatic heterocycles. The van der Waals surface area contributed by atoms with E-state index < -0.39 is 0 Å². The summed E-state index contributed by atoms with van der Waals surface area (Å²) in [5, 5.41) is 0. The smallest absolute Gasteiger partial charge is 0.209 e. The van der Waals surface area contributed by atoms with Gasteiger partial charge in [0.05, 0.1) is 0 Å². The largest absolute Gasteiger partial charge is 0.344 e. The Balaban J connectivity index is 2.31. The molecule has 3 nitrogen and oxygen atoms in total. The molecule has 1 saturated heterocycles. The van der Waals surface area contributed by atoms with Gasteiger partial charge < -0.3 is 10.6 Å². The first-order valence-corrected chi connectivity index (χ1v) is 3.28. The lowest BCUT2D eigenvalue weighted by atomic mass is 10.1. The number of piperidine rings is 1. The molecule has 0 bridgehead atoms. The first kappa shape index (κ1) is 6.55. The number of likely N-dealkylation sites (tertiary alicyclic amines) is 1. The van der Waals surface area contributed by atoms with E-state index in [9.17, 15) is 4.79 Å². The topological polar surface area (TPSA) is 46.3 Å². The number of hydrogen-bond acceptors (Lipinski definition) is 2. The Labute approximate surface area is 54.8 Å². The molecule has 52 valence electrons. The molecule has 1 fully saturated rings. The molecule has 9 heavy (non-hydrogen) atoms. The number of nitrogens with two attached hydrogens (primary N) is 1. The Kier molecular flexibility index (Phi) is 2.05. The standard InChI is InChI=1S/C6H12N2O/c7-6-2-1-3-8(4-6)5-9/h5-6H,1-4,7H2/t6-/m1/s1. The van der Waals surface area contributed by atoms with Crippen molar-refractivity contribution < 1.29 is 4.79 Å². The van der Waals surface area contributed by atoms with Crippen LogP contribution < -0.4 is 5.73 Å². The van der Waals surface area contributed by atoms with Crippen molar-refractivity contribution in [2.75, 3.05) is 13.1 Å². The van der Waals surface area contributed by atoms with Gasteiger partial charge in [0.15, 0.2) is 0 Å². The molecular formula is C6H12N2O. The van der Waals surface area contributed by atoms with Gasteiger partial charge >= 0.3 is 0 Å². The summed E-state index contributed by atoms with van der Waals surface area (Å²) in [4.78, 5) is 11.9. The van der Waals surface area contributed by atoms with Gasteiger partial charge in [-0.1, -0.05) is 0 Å². The maximum atomic E-state index is 10.2. The van der Waals surface area contributed by atoms with E-state index in [4.69, 9.17) is 5.73 Å². The number of hydrogen-bond donors (Lipinski definition) is 1. The highest BCUT2D eigenvalue weighted by Gasteiger charge is 2.13. The summed E-state index contributed by atoms with van der Waals surface area (Å²) in [5.74, 6) is 0. The molecule has 3 heteroatoms. The van der Waals surface area contributed by atoms with Crippen molar-refractivity contribution in [3.63, 3.8) is 0 Å². The fraction of sp³-hybridized carbons (Fsp3) is 0.833. The Morgan fingerprint density at radius 1 is 1.67 bits per heavy atom. The zero-order valence-corrected chi connectivity index (χ0v) is 5.42. The molecule has 0 aliphatic carbocycles. The van der Waals surface area contributed by atoms with Crippen LogP contribution in [0.15, 0.2) is 0 Å². The van der Waals surface area contributed by atoms with E-state index in [2.05, 4.69) is 0 Å². The monoisotopic (exact) mass is 128 g/mol. The number of carbonyl (C=O) groups excluding carboxylic acids is 1. The molecular weight excluding hydrogens is 116 g/mol. The Bertz CT molecular complexity index is 105. The van der Waals surface area contributed by atoms with E-state index in [1.54, 1.807) is 4.90 Å². The summed E-state index contributed by atoms with van der Waals surface area (Å²) in [7, 11) is 0. The Hall–Kier alpha value is -0.570. The lowest BCUT2D eigenvalue weighted by Crippen LogP contribution is -2.41. The number of amides is 1. The van der Waals surface area contributed by atoms with Gasteiger partial charge in [0.1, 0.15) is 0 Å². The lowest BCUT2D eigenvalue weighted by Gasteiger charge is -2.26. The highest BCUT2D eigenvalue weighted by Crippen LogP contribution is 2.04. The number of nitrogens with zero attached hydrogens (tertiary/aromatic N) is 1. The third-order valence-electron chi connectivity index (χ3n) is 1.64. The normalized spacial score (nSPS) is 28.1. The van der Waals surface area contributed by atoms with Crippen LogP contribution in [0.4, 0.5) is 0 Å². The van der Waals surface area contributed by atoms with Crippen molar-refractivity contribution in [3.8, 4) is 0 Å². The molecule has 1 aliphatic rings. The first-order valence-electron chi connectivity index (χ1n) is 3.28. The van der Waals surface area contributed by atoms with E-state index in [0.717, 1.165) is 32.3 Å². The average Bonchev–Trinajstić information content (AvgIpc) is 1.88. The van der Waals surface area contributed by atoms with Crippen molar-refractivity contribution in [1.82, 2.24) is 4.90 Å². The Morgan fingerprint density at radius 3 is 2.89 bits per heavy atom.